The minimum atomic E-state index is -3.57. The van der Waals surface area contributed by atoms with Gasteiger partial charge in [-0.05, 0) is 37.1 Å². The average molecular weight is 520 g/mol. The highest BCUT2D eigenvalue weighted by molar-refractivity contribution is 7.98. The Bertz CT molecular complexity index is 1270. The molecule has 1 atom stereocenters. The van der Waals surface area contributed by atoms with E-state index in [0.717, 1.165) is 35.7 Å². The van der Waals surface area contributed by atoms with Crippen molar-refractivity contribution < 1.29 is 22.6 Å². The summed E-state index contributed by atoms with van der Waals surface area (Å²) >= 11 is 1.59. The van der Waals surface area contributed by atoms with E-state index in [1.807, 2.05) is 38.1 Å². The van der Waals surface area contributed by atoms with Crippen LogP contribution in [0.5, 0.6) is 11.5 Å². The number of benzene rings is 2. The molecule has 0 aliphatic carbocycles. The number of methoxy groups -OCH3 is 2. The molecular weight excluding hydrogens is 486 g/mol. The lowest BCUT2D eigenvalue weighted by atomic mass is 10.2. The summed E-state index contributed by atoms with van der Waals surface area (Å²) in [5, 5.41) is 0.817. The first-order chi connectivity index (χ1) is 16.9. The van der Waals surface area contributed by atoms with Crippen LogP contribution < -0.4 is 9.47 Å². The summed E-state index contributed by atoms with van der Waals surface area (Å²) < 4.78 is 46.7. The van der Waals surface area contributed by atoms with Crippen molar-refractivity contribution in [1.82, 2.24) is 13.9 Å². The number of ether oxygens (including phenoxy) is 3. The number of rotatable bonds is 11. The Labute approximate surface area is 211 Å². The molecule has 1 fully saturated rings. The molecule has 1 aliphatic rings. The lowest BCUT2D eigenvalue weighted by Gasteiger charge is -2.18. The fourth-order valence-electron chi connectivity index (χ4n) is 4.45. The van der Waals surface area contributed by atoms with Gasteiger partial charge in [0.2, 0.25) is 10.0 Å². The molecule has 0 amide bonds. The number of nitrogens with zero attached hydrogens (tertiary/aromatic N) is 3. The van der Waals surface area contributed by atoms with Crippen molar-refractivity contribution in [1.29, 1.82) is 0 Å². The molecular formula is C25H33N3O5S2. The first-order valence-electron chi connectivity index (χ1n) is 11.9. The molecule has 0 bridgehead atoms. The van der Waals surface area contributed by atoms with E-state index in [0.29, 0.717) is 42.4 Å². The zero-order valence-electron chi connectivity index (χ0n) is 20.7. The highest BCUT2D eigenvalue weighted by Gasteiger charge is 2.25. The number of aromatic nitrogens is 2. The van der Waals surface area contributed by atoms with Gasteiger partial charge >= 0.3 is 0 Å². The summed E-state index contributed by atoms with van der Waals surface area (Å²) in [5.41, 5.74) is 2.56. The van der Waals surface area contributed by atoms with Gasteiger partial charge < -0.3 is 18.8 Å². The van der Waals surface area contributed by atoms with Gasteiger partial charge in [-0.15, -0.1) is 0 Å². The molecule has 0 radical (unpaired) electrons. The molecule has 10 heteroatoms. The minimum absolute atomic E-state index is 0.122. The predicted molar refractivity (Wildman–Crippen MR) is 138 cm³/mol. The summed E-state index contributed by atoms with van der Waals surface area (Å²) in [5.74, 6) is 2.02. The zero-order valence-corrected chi connectivity index (χ0v) is 22.3. The number of sulfonamides is 1. The van der Waals surface area contributed by atoms with E-state index in [4.69, 9.17) is 19.2 Å². The van der Waals surface area contributed by atoms with Crippen LogP contribution in [0.1, 0.15) is 32.3 Å². The van der Waals surface area contributed by atoms with Crippen molar-refractivity contribution in [2.24, 2.45) is 0 Å². The lowest BCUT2D eigenvalue weighted by molar-refractivity contribution is 0.0960. The van der Waals surface area contributed by atoms with Crippen molar-refractivity contribution in [3.05, 3.63) is 42.0 Å². The van der Waals surface area contributed by atoms with Gasteiger partial charge in [0.25, 0.3) is 0 Å². The van der Waals surface area contributed by atoms with Crippen molar-refractivity contribution in [2.75, 3.05) is 33.9 Å². The smallest absolute Gasteiger partial charge is 0.243 e. The van der Waals surface area contributed by atoms with Crippen LogP contribution in [0.15, 0.2) is 46.5 Å². The highest BCUT2D eigenvalue weighted by Crippen LogP contribution is 2.36. The van der Waals surface area contributed by atoms with Crippen LogP contribution in [0.2, 0.25) is 0 Å². The SMILES string of the molecule is CCN(CC)S(=O)(=O)c1ccc2c(c1)nc(SCc1cccc(OC)c1OC)n2C[C@@H]1CCCO1. The molecule has 35 heavy (non-hydrogen) atoms. The van der Waals surface area contributed by atoms with Gasteiger partial charge in [0.1, 0.15) is 0 Å². The maximum atomic E-state index is 13.1. The molecule has 1 saturated heterocycles. The molecule has 0 unspecified atom stereocenters. The lowest BCUT2D eigenvalue weighted by Crippen LogP contribution is -2.30. The second-order valence-corrected chi connectivity index (χ2v) is 11.2. The molecule has 2 heterocycles. The predicted octanol–water partition coefficient (Wildman–Crippen LogP) is 4.56. The largest absolute Gasteiger partial charge is 0.493 e. The molecule has 190 valence electrons. The van der Waals surface area contributed by atoms with Crippen molar-refractivity contribution in [3.8, 4) is 11.5 Å². The Balaban J connectivity index is 1.71. The minimum Gasteiger partial charge on any atom is -0.493 e. The quantitative estimate of drug-likeness (QED) is 0.344. The second kappa shape index (κ2) is 11.2. The number of hydrogen-bond acceptors (Lipinski definition) is 7. The maximum absolute atomic E-state index is 13.1. The van der Waals surface area contributed by atoms with Crippen LogP contribution in [0.3, 0.4) is 0 Å². The molecule has 3 aromatic rings. The van der Waals surface area contributed by atoms with Gasteiger partial charge in [-0.1, -0.05) is 37.7 Å². The van der Waals surface area contributed by atoms with Crippen LogP contribution in [0, 0.1) is 0 Å². The summed E-state index contributed by atoms with van der Waals surface area (Å²) in [4.78, 5) is 5.13. The molecule has 0 saturated carbocycles. The third-order valence-electron chi connectivity index (χ3n) is 6.28. The van der Waals surface area contributed by atoms with E-state index >= 15 is 0 Å². The van der Waals surface area contributed by atoms with Crippen LogP contribution in [-0.4, -0.2) is 62.3 Å². The van der Waals surface area contributed by atoms with Crippen LogP contribution in [-0.2, 0) is 27.1 Å². The van der Waals surface area contributed by atoms with Crippen molar-refractivity contribution in [2.45, 2.75) is 55.1 Å². The standard InChI is InChI=1S/C25H33N3O5S2/c1-5-27(6-2)35(29,30)20-12-13-22-21(15-20)26-25(28(22)16-19-10-8-14-33-19)34-17-18-9-7-11-23(31-3)24(18)32-4/h7,9,11-13,15,19H,5-6,8,10,14,16-17H2,1-4H3/t19-/m0/s1. The number of fused-ring (bicyclic) bond motifs is 1. The molecule has 4 rings (SSSR count). The third kappa shape index (κ3) is 5.30. The third-order valence-corrected chi connectivity index (χ3v) is 9.35. The van der Waals surface area contributed by atoms with Crippen molar-refractivity contribution >= 4 is 32.8 Å². The summed E-state index contributed by atoms with van der Waals surface area (Å²) in [6, 6.07) is 11.1. The summed E-state index contributed by atoms with van der Waals surface area (Å²) in [6.45, 7) is 5.99. The number of imidazole rings is 1. The van der Waals surface area contributed by atoms with Crippen LogP contribution in [0.4, 0.5) is 0 Å². The Hall–Kier alpha value is -2.27. The van der Waals surface area contributed by atoms with E-state index < -0.39 is 10.0 Å². The molecule has 1 aromatic heterocycles. The second-order valence-electron chi connectivity index (χ2n) is 8.32. The average Bonchev–Trinajstić information content (AvgIpc) is 3.50. The monoisotopic (exact) mass is 519 g/mol. The van der Waals surface area contributed by atoms with Gasteiger partial charge in [0.15, 0.2) is 16.7 Å². The van der Waals surface area contributed by atoms with E-state index in [1.54, 1.807) is 38.1 Å². The Kier molecular flexibility index (Phi) is 8.26. The molecule has 2 aromatic carbocycles. The molecule has 0 N–H and O–H groups in total. The number of para-hydroxylation sites is 1. The van der Waals surface area contributed by atoms with Crippen LogP contribution >= 0.6 is 11.8 Å². The van der Waals surface area contributed by atoms with Gasteiger partial charge in [-0.2, -0.15) is 4.31 Å². The van der Waals surface area contributed by atoms with E-state index in [9.17, 15) is 8.42 Å². The number of hydrogen-bond donors (Lipinski definition) is 0. The van der Waals surface area contributed by atoms with Gasteiger partial charge in [-0.3, -0.25) is 0 Å². The summed E-state index contributed by atoms with van der Waals surface area (Å²) in [7, 11) is -0.308. The first-order valence-corrected chi connectivity index (χ1v) is 14.3. The van der Waals surface area contributed by atoms with E-state index in [-0.39, 0.29) is 11.0 Å². The van der Waals surface area contributed by atoms with Crippen molar-refractivity contribution in [3.63, 3.8) is 0 Å². The Morgan fingerprint density at radius 1 is 1.17 bits per heavy atom. The van der Waals surface area contributed by atoms with Gasteiger partial charge in [0, 0.05) is 31.0 Å². The maximum Gasteiger partial charge on any atom is 0.243 e. The topological polar surface area (TPSA) is 82.9 Å². The Morgan fingerprint density at radius 3 is 2.63 bits per heavy atom. The van der Waals surface area contributed by atoms with Gasteiger partial charge in [-0.25, -0.2) is 13.4 Å². The zero-order chi connectivity index (χ0) is 25.0. The normalized spacial score (nSPS) is 16.3. The molecule has 8 nitrogen and oxygen atoms in total. The number of thioether (sulfide) groups is 1. The van der Waals surface area contributed by atoms with Gasteiger partial charge in [0.05, 0.1) is 42.8 Å². The van der Waals surface area contributed by atoms with E-state index in [2.05, 4.69) is 4.57 Å². The fraction of sp³-hybridized carbons (Fsp3) is 0.480. The van der Waals surface area contributed by atoms with E-state index in [1.165, 1.54) is 4.31 Å². The Morgan fingerprint density at radius 2 is 1.97 bits per heavy atom. The first kappa shape index (κ1) is 25.8. The fourth-order valence-corrected chi connectivity index (χ4v) is 6.93. The summed E-state index contributed by atoms with van der Waals surface area (Å²) in [6.07, 6.45) is 2.17. The molecule has 1 aliphatic heterocycles. The highest BCUT2D eigenvalue weighted by atomic mass is 32.2. The van der Waals surface area contributed by atoms with Crippen LogP contribution in [0.25, 0.3) is 11.0 Å². The molecule has 0 spiro atoms.